The van der Waals surface area contributed by atoms with Gasteiger partial charge in [0.2, 0.25) is 5.76 Å². The fourth-order valence-corrected chi connectivity index (χ4v) is 2.85. The van der Waals surface area contributed by atoms with Crippen molar-refractivity contribution in [3.05, 3.63) is 41.2 Å². The van der Waals surface area contributed by atoms with Crippen LogP contribution in [0.1, 0.15) is 39.0 Å². The zero-order valence-corrected chi connectivity index (χ0v) is 14.4. The van der Waals surface area contributed by atoms with Crippen LogP contribution in [0.2, 0.25) is 0 Å². The molecule has 2 aromatic heterocycles. The second-order valence-corrected chi connectivity index (χ2v) is 6.00. The minimum atomic E-state index is -0.484. The van der Waals surface area contributed by atoms with Gasteiger partial charge in [-0.25, -0.2) is 4.79 Å². The Hall–Kier alpha value is -2.61. The van der Waals surface area contributed by atoms with E-state index in [1.165, 1.54) is 7.11 Å². The van der Waals surface area contributed by atoms with E-state index in [1.54, 1.807) is 30.0 Å². The molecule has 134 valence electrons. The van der Waals surface area contributed by atoms with Crippen molar-refractivity contribution in [2.24, 2.45) is 0 Å². The van der Waals surface area contributed by atoms with Crippen molar-refractivity contribution in [2.45, 2.75) is 19.9 Å². The highest BCUT2D eigenvalue weighted by Gasteiger charge is 2.23. The van der Waals surface area contributed by atoms with Crippen molar-refractivity contribution in [3.63, 3.8) is 0 Å². The topological polar surface area (TPSA) is 89.0 Å². The summed E-state index contributed by atoms with van der Waals surface area (Å²) in [6.45, 7) is 5.19. The van der Waals surface area contributed by atoms with E-state index in [1.807, 2.05) is 0 Å². The van der Waals surface area contributed by atoms with Crippen molar-refractivity contribution < 1.29 is 23.3 Å². The van der Waals surface area contributed by atoms with E-state index in [0.717, 1.165) is 19.5 Å². The molecule has 0 spiro atoms. The van der Waals surface area contributed by atoms with Crippen LogP contribution >= 0.6 is 0 Å². The van der Waals surface area contributed by atoms with Crippen molar-refractivity contribution in [1.82, 2.24) is 15.0 Å². The summed E-state index contributed by atoms with van der Waals surface area (Å²) < 4.78 is 15.1. The van der Waals surface area contributed by atoms with Gasteiger partial charge in [-0.05, 0) is 25.5 Å². The average Bonchev–Trinajstić information content (AvgIpc) is 3.18. The second kappa shape index (κ2) is 7.52. The van der Waals surface area contributed by atoms with E-state index in [0.29, 0.717) is 36.8 Å². The van der Waals surface area contributed by atoms with Gasteiger partial charge in [0.05, 0.1) is 13.7 Å². The maximum atomic E-state index is 12.5. The Morgan fingerprint density at radius 3 is 2.80 bits per heavy atom. The van der Waals surface area contributed by atoms with Crippen LogP contribution in [0.3, 0.4) is 0 Å². The van der Waals surface area contributed by atoms with Crippen molar-refractivity contribution in [3.8, 4) is 0 Å². The lowest BCUT2D eigenvalue weighted by molar-refractivity contribution is 0.0560. The first kappa shape index (κ1) is 17.2. The molecule has 0 aliphatic carbocycles. The summed E-state index contributed by atoms with van der Waals surface area (Å²) in [7, 11) is 1.32. The quantitative estimate of drug-likeness (QED) is 0.778. The maximum absolute atomic E-state index is 12.5. The van der Waals surface area contributed by atoms with Crippen LogP contribution in [0.15, 0.2) is 27.1 Å². The Morgan fingerprint density at radius 1 is 1.24 bits per heavy atom. The third-order valence-corrected chi connectivity index (χ3v) is 4.15. The van der Waals surface area contributed by atoms with Gasteiger partial charge < -0.3 is 18.6 Å². The van der Waals surface area contributed by atoms with Crippen LogP contribution < -0.4 is 0 Å². The summed E-state index contributed by atoms with van der Waals surface area (Å²) in [6.07, 6.45) is 0.854. The number of methoxy groups -OCH3 is 1. The first-order valence-electron chi connectivity index (χ1n) is 8.19. The van der Waals surface area contributed by atoms with Gasteiger partial charge in [-0.15, -0.1) is 0 Å². The highest BCUT2D eigenvalue weighted by molar-refractivity contribution is 5.92. The molecule has 8 heteroatoms. The minimum Gasteiger partial charge on any atom is -0.463 e. The van der Waals surface area contributed by atoms with Gasteiger partial charge in [0.25, 0.3) is 5.91 Å². The van der Waals surface area contributed by atoms with Crippen molar-refractivity contribution >= 4 is 11.9 Å². The van der Waals surface area contributed by atoms with Gasteiger partial charge >= 0.3 is 5.97 Å². The molecule has 0 unspecified atom stereocenters. The van der Waals surface area contributed by atoms with E-state index >= 15 is 0 Å². The molecule has 1 fully saturated rings. The number of carbonyl (C=O) groups excluding carboxylic acids is 2. The second-order valence-electron chi connectivity index (χ2n) is 6.00. The zero-order valence-electron chi connectivity index (χ0n) is 14.4. The lowest BCUT2D eigenvalue weighted by Crippen LogP contribution is -2.35. The average molecular weight is 347 g/mol. The Bertz CT molecular complexity index is 751. The third kappa shape index (κ3) is 4.08. The Morgan fingerprint density at radius 2 is 2.08 bits per heavy atom. The minimum absolute atomic E-state index is 0.107. The summed E-state index contributed by atoms with van der Waals surface area (Å²) >= 11 is 0. The molecule has 1 amide bonds. The number of ether oxygens (including phenoxy) is 1. The monoisotopic (exact) mass is 347 g/mol. The Kier molecular flexibility index (Phi) is 5.18. The summed E-state index contributed by atoms with van der Waals surface area (Å²) in [6, 6.07) is 5.04. The molecule has 1 aliphatic rings. The van der Waals surface area contributed by atoms with Crippen LogP contribution in [-0.2, 0) is 11.3 Å². The molecule has 0 atom stereocenters. The molecule has 0 saturated carbocycles. The number of hydrogen-bond donors (Lipinski definition) is 0. The molecule has 0 aromatic carbocycles. The molecule has 0 bridgehead atoms. The number of hydrogen-bond acceptors (Lipinski definition) is 7. The van der Waals surface area contributed by atoms with Crippen LogP contribution in [0.25, 0.3) is 0 Å². The lowest BCUT2D eigenvalue weighted by atomic mass is 10.3. The number of aryl methyl sites for hydroxylation is 1. The van der Waals surface area contributed by atoms with Gasteiger partial charge in [-0.3, -0.25) is 9.69 Å². The van der Waals surface area contributed by atoms with Crippen LogP contribution in [0, 0.1) is 6.92 Å². The Balaban J connectivity index is 1.57. The molecule has 1 saturated heterocycles. The molecule has 3 rings (SSSR count). The predicted molar refractivity (Wildman–Crippen MR) is 87.1 cm³/mol. The van der Waals surface area contributed by atoms with E-state index in [2.05, 4.69) is 14.8 Å². The van der Waals surface area contributed by atoms with Gasteiger partial charge in [0.1, 0.15) is 11.5 Å². The Labute approximate surface area is 145 Å². The SMILES string of the molecule is COC(=O)c1ccc(CN2CCCN(C(=O)c3cc(C)on3)CC2)o1. The van der Waals surface area contributed by atoms with Crippen LogP contribution in [0.4, 0.5) is 0 Å². The molecular weight excluding hydrogens is 326 g/mol. The van der Waals surface area contributed by atoms with Crippen LogP contribution in [-0.4, -0.2) is 60.1 Å². The standard InChI is InChI=1S/C17H21N3O5/c1-12-10-14(18-25-12)16(21)20-7-3-6-19(8-9-20)11-13-4-5-15(24-13)17(22)23-2/h4-5,10H,3,6-9,11H2,1-2H3. The van der Waals surface area contributed by atoms with E-state index in [4.69, 9.17) is 8.94 Å². The number of esters is 1. The molecule has 0 radical (unpaired) electrons. The van der Waals surface area contributed by atoms with Gasteiger partial charge in [0.15, 0.2) is 5.69 Å². The molecule has 0 N–H and O–H groups in total. The summed E-state index contributed by atoms with van der Waals surface area (Å²) in [5.74, 6) is 0.934. The molecule has 3 heterocycles. The molecule has 1 aliphatic heterocycles. The number of nitrogens with zero attached hydrogens (tertiary/aromatic N) is 3. The summed E-state index contributed by atoms with van der Waals surface area (Å²) in [5, 5.41) is 3.80. The number of rotatable bonds is 4. The molecule has 8 nitrogen and oxygen atoms in total. The van der Waals surface area contributed by atoms with Gasteiger partial charge in [-0.1, -0.05) is 5.16 Å². The van der Waals surface area contributed by atoms with Gasteiger partial charge in [-0.2, -0.15) is 0 Å². The zero-order chi connectivity index (χ0) is 17.8. The predicted octanol–water partition coefficient (Wildman–Crippen LogP) is 1.71. The number of furan rings is 1. The highest BCUT2D eigenvalue weighted by atomic mass is 16.5. The summed E-state index contributed by atoms with van der Waals surface area (Å²) in [4.78, 5) is 27.9. The number of carbonyl (C=O) groups is 2. The van der Waals surface area contributed by atoms with Crippen LogP contribution in [0.5, 0.6) is 0 Å². The fourth-order valence-electron chi connectivity index (χ4n) is 2.85. The first-order chi connectivity index (χ1) is 12.1. The first-order valence-corrected chi connectivity index (χ1v) is 8.19. The van der Waals surface area contributed by atoms with E-state index < -0.39 is 5.97 Å². The van der Waals surface area contributed by atoms with Gasteiger partial charge in [0, 0.05) is 32.2 Å². The fraction of sp³-hybridized carbons (Fsp3) is 0.471. The normalized spacial score (nSPS) is 15.8. The van der Waals surface area contributed by atoms with E-state index in [-0.39, 0.29) is 11.7 Å². The smallest absolute Gasteiger partial charge is 0.373 e. The number of aromatic nitrogens is 1. The molecule has 25 heavy (non-hydrogen) atoms. The summed E-state index contributed by atoms with van der Waals surface area (Å²) in [5.41, 5.74) is 0.347. The number of amides is 1. The third-order valence-electron chi connectivity index (χ3n) is 4.15. The lowest BCUT2D eigenvalue weighted by Gasteiger charge is -2.20. The maximum Gasteiger partial charge on any atom is 0.373 e. The molecule has 2 aromatic rings. The largest absolute Gasteiger partial charge is 0.463 e. The highest BCUT2D eigenvalue weighted by Crippen LogP contribution is 2.15. The van der Waals surface area contributed by atoms with Crippen molar-refractivity contribution in [1.29, 1.82) is 0 Å². The van der Waals surface area contributed by atoms with E-state index in [9.17, 15) is 9.59 Å². The molecular formula is C17H21N3O5. The van der Waals surface area contributed by atoms with Crippen molar-refractivity contribution in [2.75, 3.05) is 33.3 Å².